The number of amides is 1. The first-order valence-electron chi connectivity index (χ1n) is 5.29. The minimum atomic E-state index is -0.456. The fourth-order valence-electron chi connectivity index (χ4n) is 1.74. The Morgan fingerprint density at radius 2 is 2.06 bits per heavy atom. The molecule has 94 valence electrons. The monoisotopic (exact) mass is 232 g/mol. The van der Waals surface area contributed by atoms with Crippen molar-refractivity contribution in [3.8, 4) is 0 Å². The predicted molar refractivity (Wildman–Crippen MR) is 57.7 cm³/mol. The smallest absolute Gasteiger partial charge is 0.227 e. The normalized spacial score (nSPS) is 27.1. The van der Waals surface area contributed by atoms with Gasteiger partial charge in [-0.1, -0.05) is 0 Å². The Morgan fingerprint density at radius 3 is 2.50 bits per heavy atom. The minimum Gasteiger partial charge on any atom is -0.379 e. The molecule has 1 rings (SSSR count). The van der Waals surface area contributed by atoms with E-state index >= 15 is 0 Å². The first kappa shape index (κ1) is 13.4. The summed E-state index contributed by atoms with van der Waals surface area (Å²) in [6, 6.07) is -0.453. The first-order chi connectivity index (χ1) is 7.60. The molecule has 6 heteroatoms. The SMILES string of the molecule is COC(OC)C(C)NC(=O)C1COCC1N. The van der Waals surface area contributed by atoms with Crippen molar-refractivity contribution in [1.82, 2.24) is 5.32 Å². The van der Waals surface area contributed by atoms with Gasteiger partial charge < -0.3 is 25.3 Å². The molecule has 3 N–H and O–H groups in total. The molecule has 0 saturated carbocycles. The van der Waals surface area contributed by atoms with Crippen molar-refractivity contribution in [2.75, 3.05) is 27.4 Å². The Kier molecular flexibility index (Phi) is 5.14. The molecule has 1 aliphatic rings. The van der Waals surface area contributed by atoms with Gasteiger partial charge in [-0.3, -0.25) is 4.79 Å². The van der Waals surface area contributed by atoms with Crippen LogP contribution in [0.3, 0.4) is 0 Å². The zero-order chi connectivity index (χ0) is 12.1. The van der Waals surface area contributed by atoms with Crippen LogP contribution in [0.5, 0.6) is 0 Å². The van der Waals surface area contributed by atoms with Crippen LogP contribution in [0, 0.1) is 5.92 Å². The van der Waals surface area contributed by atoms with Gasteiger partial charge in [-0.15, -0.1) is 0 Å². The maximum atomic E-state index is 11.8. The van der Waals surface area contributed by atoms with Crippen LogP contribution in [0.25, 0.3) is 0 Å². The lowest BCUT2D eigenvalue weighted by Crippen LogP contribution is -2.48. The Morgan fingerprint density at radius 1 is 1.44 bits per heavy atom. The van der Waals surface area contributed by atoms with Crippen molar-refractivity contribution in [3.05, 3.63) is 0 Å². The Labute approximate surface area is 95.4 Å². The molecular weight excluding hydrogens is 212 g/mol. The molecule has 0 bridgehead atoms. The maximum absolute atomic E-state index is 11.8. The highest BCUT2D eigenvalue weighted by molar-refractivity contribution is 5.80. The Hall–Kier alpha value is -0.690. The number of nitrogens with one attached hydrogen (secondary N) is 1. The van der Waals surface area contributed by atoms with Gasteiger partial charge in [0.1, 0.15) is 0 Å². The number of hydrogen-bond donors (Lipinski definition) is 2. The van der Waals surface area contributed by atoms with Gasteiger partial charge >= 0.3 is 0 Å². The van der Waals surface area contributed by atoms with E-state index in [-0.39, 0.29) is 23.9 Å². The number of ether oxygens (including phenoxy) is 3. The third kappa shape index (κ3) is 3.15. The topological polar surface area (TPSA) is 82.8 Å². The molecule has 16 heavy (non-hydrogen) atoms. The molecule has 0 spiro atoms. The van der Waals surface area contributed by atoms with Crippen LogP contribution in [0.4, 0.5) is 0 Å². The van der Waals surface area contributed by atoms with Crippen molar-refractivity contribution in [1.29, 1.82) is 0 Å². The number of hydrogen-bond acceptors (Lipinski definition) is 5. The van der Waals surface area contributed by atoms with E-state index in [9.17, 15) is 4.79 Å². The molecule has 0 aromatic rings. The van der Waals surface area contributed by atoms with Gasteiger partial charge in [-0.25, -0.2) is 0 Å². The molecule has 1 fully saturated rings. The number of carbonyl (C=O) groups excluding carboxylic acids is 1. The van der Waals surface area contributed by atoms with Crippen LogP contribution in [-0.4, -0.2) is 51.7 Å². The van der Waals surface area contributed by atoms with Crippen LogP contribution in [0.1, 0.15) is 6.92 Å². The standard InChI is InChI=1S/C10H20N2O4/c1-6(10(14-2)15-3)12-9(13)7-4-16-5-8(7)11/h6-8,10H,4-5,11H2,1-3H3,(H,12,13). The first-order valence-corrected chi connectivity index (χ1v) is 5.29. The molecule has 0 aliphatic carbocycles. The highest BCUT2D eigenvalue weighted by Gasteiger charge is 2.32. The second-order valence-corrected chi connectivity index (χ2v) is 3.94. The van der Waals surface area contributed by atoms with Gasteiger partial charge in [0.2, 0.25) is 5.91 Å². The van der Waals surface area contributed by atoms with Crippen molar-refractivity contribution in [2.45, 2.75) is 25.3 Å². The summed E-state index contributed by atoms with van der Waals surface area (Å²) in [5, 5.41) is 2.81. The van der Waals surface area contributed by atoms with E-state index in [0.29, 0.717) is 13.2 Å². The fraction of sp³-hybridized carbons (Fsp3) is 0.900. The van der Waals surface area contributed by atoms with Crippen molar-refractivity contribution in [2.24, 2.45) is 11.7 Å². The van der Waals surface area contributed by atoms with E-state index in [1.54, 1.807) is 0 Å². The lowest BCUT2D eigenvalue weighted by atomic mass is 10.0. The predicted octanol–water partition coefficient (Wildman–Crippen LogP) is -0.916. The molecule has 3 atom stereocenters. The maximum Gasteiger partial charge on any atom is 0.227 e. The van der Waals surface area contributed by atoms with Crippen LogP contribution >= 0.6 is 0 Å². The molecule has 1 saturated heterocycles. The lowest BCUT2D eigenvalue weighted by Gasteiger charge is -2.24. The van der Waals surface area contributed by atoms with Crippen molar-refractivity contribution < 1.29 is 19.0 Å². The van der Waals surface area contributed by atoms with Gasteiger partial charge in [-0.2, -0.15) is 0 Å². The van der Waals surface area contributed by atoms with Crippen LogP contribution in [0.15, 0.2) is 0 Å². The van der Waals surface area contributed by atoms with Crippen LogP contribution in [0.2, 0.25) is 0 Å². The third-order valence-corrected chi connectivity index (χ3v) is 2.70. The van der Waals surface area contributed by atoms with E-state index in [0.717, 1.165) is 0 Å². The summed E-state index contributed by atoms with van der Waals surface area (Å²) in [6.45, 7) is 2.63. The number of carbonyl (C=O) groups is 1. The molecular formula is C10H20N2O4. The third-order valence-electron chi connectivity index (χ3n) is 2.70. The van der Waals surface area contributed by atoms with Crippen molar-refractivity contribution >= 4 is 5.91 Å². The molecule has 1 heterocycles. The zero-order valence-electron chi connectivity index (χ0n) is 9.93. The molecule has 1 aliphatic heterocycles. The summed E-state index contributed by atoms with van der Waals surface area (Å²) >= 11 is 0. The summed E-state index contributed by atoms with van der Waals surface area (Å²) < 4.78 is 15.2. The molecule has 0 aromatic carbocycles. The number of methoxy groups -OCH3 is 2. The van der Waals surface area contributed by atoms with E-state index in [1.807, 2.05) is 6.92 Å². The van der Waals surface area contributed by atoms with Gasteiger partial charge in [0.25, 0.3) is 0 Å². The zero-order valence-corrected chi connectivity index (χ0v) is 9.93. The summed E-state index contributed by atoms with van der Waals surface area (Å²) in [5.41, 5.74) is 5.75. The Bertz CT molecular complexity index is 233. The molecule has 1 amide bonds. The van der Waals surface area contributed by atoms with Crippen LogP contribution in [-0.2, 0) is 19.0 Å². The minimum absolute atomic E-state index is 0.114. The molecule has 6 nitrogen and oxygen atoms in total. The number of nitrogens with two attached hydrogens (primary N) is 1. The van der Waals surface area contributed by atoms with Gasteiger partial charge in [0.05, 0.1) is 25.2 Å². The largest absolute Gasteiger partial charge is 0.379 e. The molecule has 3 unspecified atom stereocenters. The van der Waals surface area contributed by atoms with Gasteiger partial charge in [0, 0.05) is 20.3 Å². The quantitative estimate of drug-likeness (QED) is 0.599. The lowest BCUT2D eigenvalue weighted by molar-refractivity contribution is -0.138. The summed E-state index contributed by atoms with van der Waals surface area (Å²) in [6.07, 6.45) is -0.456. The van der Waals surface area contributed by atoms with Crippen LogP contribution < -0.4 is 11.1 Å². The Balaban J connectivity index is 2.44. The molecule has 0 radical (unpaired) electrons. The number of rotatable bonds is 5. The fourth-order valence-corrected chi connectivity index (χ4v) is 1.74. The van der Waals surface area contributed by atoms with Crippen molar-refractivity contribution in [3.63, 3.8) is 0 Å². The average molecular weight is 232 g/mol. The summed E-state index contributed by atoms with van der Waals surface area (Å²) in [7, 11) is 3.06. The molecule has 0 aromatic heterocycles. The highest BCUT2D eigenvalue weighted by atomic mass is 16.7. The average Bonchev–Trinajstić information content (AvgIpc) is 2.66. The second-order valence-electron chi connectivity index (χ2n) is 3.94. The van der Waals surface area contributed by atoms with E-state index in [1.165, 1.54) is 14.2 Å². The van der Waals surface area contributed by atoms with E-state index < -0.39 is 6.29 Å². The van der Waals surface area contributed by atoms with Gasteiger partial charge in [-0.05, 0) is 6.92 Å². The van der Waals surface area contributed by atoms with E-state index in [2.05, 4.69) is 5.32 Å². The van der Waals surface area contributed by atoms with Gasteiger partial charge in [0.15, 0.2) is 6.29 Å². The van der Waals surface area contributed by atoms with E-state index in [4.69, 9.17) is 19.9 Å². The summed E-state index contributed by atoms with van der Waals surface area (Å²) in [4.78, 5) is 11.8. The summed E-state index contributed by atoms with van der Waals surface area (Å²) in [5.74, 6) is -0.395. The second kappa shape index (κ2) is 6.15. The highest BCUT2D eigenvalue weighted by Crippen LogP contribution is 2.12.